The summed E-state index contributed by atoms with van der Waals surface area (Å²) in [4.78, 5) is 13.6. The number of fused-ring (bicyclic) bond motifs is 1. The molecule has 1 amide bonds. The third-order valence-electron chi connectivity index (χ3n) is 6.02. The van der Waals surface area contributed by atoms with E-state index in [9.17, 15) is 4.79 Å². The zero-order chi connectivity index (χ0) is 21.8. The van der Waals surface area contributed by atoms with Gasteiger partial charge in [0, 0.05) is 5.69 Å². The lowest BCUT2D eigenvalue weighted by Gasteiger charge is -2.23. The van der Waals surface area contributed by atoms with Crippen molar-refractivity contribution in [2.24, 2.45) is 5.92 Å². The maximum atomic E-state index is 13.6. The summed E-state index contributed by atoms with van der Waals surface area (Å²) in [6.45, 7) is 6.36. The largest absolute Gasteiger partial charge is 0.325 e. The highest BCUT2D eigenvalue weighted by molar-refractivity contribution is 6.00. The van der Waals surface area contributed by atoms with Crippen molar-refractivity contribution in [2.75, 3.05) is 5.32 Å². The first-order valence-corrected chi connectivity index (χ1v) is 11.0. The standard InChI is InChI=1S/C29H29NO/c1-20(2)28(26-17-10-15-22-12-6-8-16-25(22)26)29(31)30-27-18-9-7-14-24(27)19-23-13-5-4-11-21(23)3/h4-18,20,28H,19H2,1-3H3,(H,30,31). The first-order chi connectivity index (χ1) is 15.0. The van der Waals surface area contributed by atoms with E-state index in [0.717, 1.165) is 28.6 Å². The highest BCUT2D eigenvalue weighted by Crippen LogP contribution is 2.32. The van der Waals surface area contributed by atoms with E-state index in [1.54, 1.807) is 0 Å². The Morgan fingerprint density at radius 2 is 1.42 bits per heavy atom. The Kier molecular flexibility index (Phi) is 6.18. The molecular formula is C29H29NO. The zero-order valence-corrected chi connectivity index (χ0v) is 18.4. The maximum Gasteiger partial charge on any atom is 0.232 e. The number of benzene rings is 4. The Labute approximate surface area is 184 Å². The van der Waals surface area contributed by atoms with E-state index < -0.39 is 0 Å². The molecule has 1 unspecified atom stereocenters. The summed E-state index contributed by atoms with van der Waals surface area (Å²) in [5.74, 6) is -0.00413. The normalized spacial score (nSPS) is 12.1. The van der Waals surface area contributed by atoms with Gasteiger partial charge in [0.2, 0.25) is 5.91 Å². The Hall–Kier alpha value is -3.39. The van der Waals surface area contributed by atoms with Crippen molar-refractivity contribution in [2.45, 2.75) is 33.1 Å². The average Bonchev–Trinajstić information content (AvgIpc) is 2.77. The molecule has 0 bridgehead atoms. The van der Waals surface area contributed by atoms with Gasteiger partial charge < -0.3 is 5.32 Å². The number of carbonyl (C=O) groups is 1. The molecule has 0 aliphatic heterocycles. The lowest BCUT2D eigenvalue weighted by Crippen LogP contribution is -2.26. The highest BCUT2D eigenvalue weighted by Gasteiger charge is 2.26. The number of rotatable bonds is 6. The summed E-state index contributed by atoms with van der Waals surface area (Å²) in [5.41, 5.74) is 5.65. The number of hydrogen-bond donors (Lipinski definition) is 1. The maximum absolute atomic E-state index is 13.6. The van der Waals surface area contributed by atoms with E-state index in [1.165, 1.54) is 16.5 Å². The van der Waals surface area contributed by atoms with Gasteiger partial charge in [0.05, 0.1) is 5.92 Å². The molecule has 1 atom stereocenters. The summed E-state index contributed by atoms with van der Waals surface area (Å²) in [6.07, 6.45) is 0.795. The Morgan fingerprint density at radius 1 is 0.774 bits per heavy atom. The predicted molar refractivity (Wildman–Crippen MR) is 131 cm³/mol. The van der Waals surface area contributed by atoms with Crippen molar-refractivity contribution in [3.8, 4) is 0 Å². The fourth-order valence-corrected chi connectivity index (χ4v) is 4.35. The van der Waals surface area contributed by atoms with Crippen molar-refractivity contribution >= 4 is 22.4 Å². The minimum Gasteiger partial charge on any atom is -0.325 e. The van der Waals surface area contributed by atoms with Gasteiger partial charge in [-0.15, -0.1) is 0 Å². The van der Waals surface area contributed by atoms with Crippen LogP contribution in [0.1, 0.15) is 42.0 Å². The first kappa shape index (κ1) is 20.9. The van der Waals surface area contributed by atoms with Crippen molar-refractivity contribution in [3.63, 3.8) is 0 Å². The molecule has 0 spiro atoms. The van der Waals surface area contributed by atoms with Gasteiger partial charge in [-0.3, -0.25) is 4.79 Å². The number of anilines is 1. The third-order valence-corrected chi connectivity index (χ3v) is 6.02. The number of hydrogen-bond acceptors (Lipinski definition) is 1. The number of carbonyl (C=O) groups excluding carboxylic acids is 1. The summed E-state index contributed by atoms with van der Waals surface area (Å²) >= 11 is 0. The first-order valence-electron chi connectivity index (χ1n) is 11.0. The van der Waals surface area contributed by atoms with Crippen LogP contribution in [0.3, 0.4) is 0 Å². The van der Waals surface area contributed by atoms with E-state index in [2.05, 4.69) is 80.7 Å². The van der Waals surface area contributed by atoms with Gasteiger partial charge >= 0.3 is 0 Å². The second-order valence-electron chi connectivity index (χ2n) is 8.54. The minimum atomic E-state index is -0.224. The minimum absolute atomic E-state index is 0.0450. The van der Waals surface area contributed by atoms with E-state index in [4.69, 9.17) is 0 Å². The molecule has 0 aliphatic carbocycles. The average molecular weight is 408 g/mol. The fourth-order valence-electron chi connectivity index (χ4n) is 4.35. The van der Waals surface area contributed by atoms with Gasteiger partial charge in [0.25, 0.3) is 0 Å². The van der Waals surface area contributed by atoms with Crippen LogP contribution < -0.4 is 5.32 Å². The SMILES string of the molecule is Cc1ccccc1Cc1ccccc1NC(=O)C(c1cccc2ccccc12)C(C)C. The molecule has 4 aromatic rings. The molecule has 4 rings (SSSR count). The molecule has 31 heavy (non-hydrogen) atoms. The summed E-state index contributed by atoms with van der Waals surface area (Å²) in [6, 6.07) is 31.1. The fraction of sp³-hybridized carbons (Fsp3) is 0.207. The summed E-state index contributed by atoms with van der Waals surface area (Å²) in [5, 5.41) is 5.57. The van der Waals surface area contributed by atoms with Gasteiger partial charge in [-0.2, -0.15) is 0 Å². The molecule has 4 aromatic carbocycles. The van der Waals surface area contributed by atoms with Gasteiger partial charge in [-0.05, 0) is 58.4 Å². The molecule has 0 saturated heterocycles. The van der Waals surface area contributed by atoms with Crippen molar-refractivity contribution < 1.29 is 4.79 Å². The molecule has 0 aromatic heterocycles. The summed E-state index contributed by atoms with van der Waals surface area (Å²) < 4.78 is 0. The smallest absolute Gasteiger partial charge is 0.232 e. The van der Waals surface area contributed by atoms with Gasteiger partial charge in [0.15, 0.2) is 0 Å². The van der Waals surface area contributed by atoms with Crippen LogP contribution in [-0.2, 0) is 11.2 Å². The van der Waals surface area contributed by atoms with Crippen LogP contribution >= 0.6 is 0 Å². The Morgan fingerprint density at radius 3 is 2.19 bits per heavy atom. The van der Waals surface area contributed by atoms with Crippen LogP contribution in [0.5, 0.6) is 0 Å². The molecule has 0 radical (unpaired) electrons. The van der Waals surface area contributed by atoms with Crippen LogP contribution in [0, 0.1) is 12.8 Å². The zero-order valence-electron chi connectivity index (χ0n) is 18.4. The second-order valence-corrected chi connectivity index (χ2v) is 8.54. The van der Waals surface area contributed by atoms with E-state index in [0.29, 0.717) is 0 Å². The Balaban J connectivity index is 1.66. The molecule has 0 heterocycles. The molecule has 0 saturated carbocycles. The number of nitrogens with one attached hydrogen (secondary N) is 1. The van der Waals surface area contributed by atoms with Crippen molar-refractivity contribution in [3.05, 3.63) is 113 Å². The number of aryl methyl sites for hydroxylation is 1. The Bertz CT molecular complexity index is 1200. The van der Waals surface area contributed by atoms with Crippen molar-refractivity contribution in [1.29, 1.82) is 0 Å². The van der Waals surface area contributed by atoms with Crippen LogP contribution in [0.25, 0.3) is 10.8 Å². The monoisotopic (exact) mass is 407 g/mol. The highest BCUT2D eigenvalue weighted by atomic mass is 16.1. The van der Waals surface area contributed by atoms with Gasteiger partial charge in [0.1, 0.15) is 0 Å². The van der Waals surface area contributed by atoms with Crippen LogP contribution in [0.2, 0.25) is 0 Å². The number of para-hydroxylation sites is 1. The molecule has 2 heteroatoms. The van der Waals surface area contributed by atoms with Gasteiger partial charge in [-0.25, -0.2) is 0 Å². The van der Waals surface area contributed by atoms with Crippen LogP contribution in [0.15, 0.2) is 91.0 Å². The predicted octanol–water partition coefficient (Wildman–Crippen LogP) is 7.12. The van der Waals surface area contributed by atoms with E-state index in [-0.39, 0.29) is 17.7 Å². The molecule has 0 aliphatic rings. The van der Waals surface area contributed by atoms with Crippen LogP contribution in [0.4, 0.5) is 5.69 Å². The lowest BCUT2D eigenvalue weighted by molar-refractivity contribution is -0.118. The van der Waals surface area contributed by atoms with Crippen LogP contribution in [-0.4, -0.2) is 5.91 Å². The topological polar surface area (TPSA) is 29.1 Å². The molecule has 2 nitrogen and oxygen atoms in total. The van der Waals surface area contributed by atoms with Gasteiger partial charge in [-0.1, -0.05) is 98.8 Å². The second kappa shape index (κ2) is 9.18. The molecular weight excluding hydrogens is 378 g/mol. The third kappa shape index (κ3) is 4.54. The van der Waals surface area contributed by atoms with E-state index in [1.807, 2.05) is 36.4 Å². The van der Waals surface area contributed by atoms with E-state index >= 15 is 0 Å². The molecule has 156 valence electrons. The van der Waals surface area contributed by atoms with Crippen molar-refractivity contribution in [1.82, 2.24) is 0 Å². The number of amides is 1. The quantitative estimate of drug-likeness (QED) is 0.362. The summed E-state index contributed by atoms with van der Waals surface area (Å²) in [7, 11) is 0. The molecule has 1 N–H and O–H groups in total. The molecule has 0 fully saturated rings. The lowest BCUT2D eigenvalue weighted by atomic mass is 9.84.